The number of aromatic nitrogens is 3. The Morgan fingerprint density at radius 3 is 2.84 bits per heavy atom. The number of halogens is 2. The first-order chi connectivity index (χ1) is 18.3. The number of carbonyl (C=O) groups is 2. The number of anilines is 1. The van der Waals surface area contributed by atoms with Crippen molar-refractivity contribution in [1.29, 1.82) is 0 Å². The van der Waals surface area contributed by atoms with Crippen LogP contribution in [0.4, 0.5) is 14.6 Å². The summed E-state index contributed by atoms with van der Waals surface area (Å²) in [6.45, 7) is 2.64. The number of fused-ring (bicyclic) bond motifs is 1. The van der Waals surface area contributed by atoms with Gasteiger partial charge in [0.2, 0.25) is 11.8 Å². The molecule has 1 aliphatic carbocycles. The Balaban J connectivity index is 1.29. The Labute approximate surface area is 221 Å². The highest BCUT2D eigenvalue weighted by atomic mass is 19.1. The van der Waals surface area contributed by atoms with Gasteiger partial charge in [0.05, 0.1) is 12.4 Å². The molecule has 0 aliphatic heterocycles. The van der Waals surface area contributed by atoms with E-state index in [1.54, 1.807) is 28.9 Å². The van der Waals surface area contributed by atoms with E-state index >= 15 is 0 Å². The topological polar surface area (TPSA) is 92.2 Å². The van der Waals surface area contributed by atoms with E-state index in [0.717, 1.165) is 18.2 Å². The molecule has 0 unspecified atom stereocenters. The fraction of sp³-hybridized carbons (Fsp3) is 0.429. The number of pyridine rings is 1. The van der Waals surface area contributed by atoms with Crippen LogP contribution in [-0.4, -0.2) is 56.9 Å². The van der Waals surface area contributed by atoms with Crippen molar-refractivity contribution in [1.82, 2.24) is 24.8 Å². The lowest BCUT2D eigenvalue weighted by Crippen LogP contribution is -2.48. The highest BCUT2D eigenvalue weighted by Gasteiger charge is 2.27. The van der Waals surface area contributed by atoms with Gasteiger partial charge in [0, 0.05) is 50.2 Å². The maximum Gasteiger partial charge on any atom is 0.242 e. The summed E-state index contributed by atoms with van der Waals surface area (Å²) in [6.07, 6.45) is 8.56. The molecule has 0 saturated carbocycles. The van der Waals surface area contributed by atoms with Crippen molar-refractivity contribution >= 4 is 17.6 Å². The molecule has 3 aromatic rings. The number of likely N-dealkylation sites (N-methyl/N-ethyl adjacent to an activating group) is 1. The number of rotatable bonds is 11. The number of aryl methyl sites for hydroxylation is 1. The molecular formula is C28H34F2N6O2. The summed E-state index contributed by atoms with van der Waals surface area (Å²) < 4.78 is 29.5. The second-order valence-electron chi connectivity index (χ2n) is 9.78. The summed E-state index contributed by atoms with van der Waals surface area (Å²) in [5.74, 6) is -1.05. The summed E-state index contributed by atoms with van der Waals surface area (Å²) in [4.78, 5) is 35.8. The molecule has 4 rings (SSSR count). The monoisotopic (exact) mass is 524 g/mol. The normalized spacial score (nSPS) is 15.5. The second-order valence-corrected chi connectivity index (χ2v) is 9.78. The van der Waals surface area contributed by atoms with Crippen LogP contribution in [-0.2, 0) is 35.4 Å². The maximum atomic E-state index is 14.3. The maximum absolute atomic E-state index is 14.3. The molecule has 2 atom stereocenters. The number of nitrogens with one attached hydrogen (secondary N) is 2. The van der Waals surface area contributed by atoms with Gasteiger partial charge < -0.3 is 20.1 Å². The number of benzene rings is 1. The quantitative estimate of drug-likeness (QED) is 0.401. The van der Waals surface area contributed by atoms with Crippen LogP contribution in [0.3, 0.4) is 0 Å². The average Bonchev–Trinajstić information content (AvgIpc) is 3.34. The van der Waals surface area contributed by atoms with Crippen molar-refractivity contribution in [3.8, 4) is 0 Å². The molecule has 0 radical (unpaired) electrons. The van der Waals surface area contributed by atoms with Gasteiger partial charge in [-0.1, -0.05) is 19.4 Å². The molecule has 0 saturated heterocycles. The van der Waals surface area contributed by atoms with E-state index in [1.807, 2.05) is 25.1 Å². The molecule has 2 N–H and O–H groups in total. The van der Waals surface area contributed by atoms with Crippen LogP contribution >= 0.6 is 0 Å². The van der Waals surface area contributed by atoms with E-state index in [4.69, 9.17) is 0 Å². The van der Waals surface area contributed by atoms with Crippen LogP contribution in [0.25, 0.3) is 0 Å². The van der Waals surface area contributed by atoms with Crippen LogP contribution in [0.15, 0.2) is 49.1 Å². The summed E-state index contributed by atoms with van der Waals surface area (Å²) in [6, 6.07) is 7.43. The van der Waals surface area contributed by atoms with Crippen LogP contribution in [0.1, 0.15) is 43.0 Å². The van der Waals surface area contributed by atoms with E-state index in [9.17, 15) is 18.4 Å². The summed E-state index contributed by atoms with van der Waals surface area (Å²) >= 11 is 0. The summed E-state index contributed by atoms with van der Waals surface area (Å²) in [5.41, 5.74) is 2.13. The van der Waals surface area contributed by atoms with Crippen LogP contribution in [0, 0.1) is 11.6 Å². The standard InChI is InChI=1S/C28H34F2N6O2/c1-3-6-25(33-22-9-8-19-13-20(29)14-24(30)23(19)15-22)28(38)34-26-16-36(18-32-26)17-27(37)35(2)12-10-21-7-4-5-11-31-21/h4-5,7,11,13-14,16,18,22,25,33H,3,6,8-10,12,15,17H2,1-2H3,(H,34,38)/t22-,25-/m0/s1. The predicted octanol–water partition coefficient (Wildman–Crippen LogP) is 3.51. The highest BCUT2D eigenvalue weighted by Crippen LogP contribution is 2.26. The van der Waals surface area contributed by atoms with Gasteiger partial charge in [0.25, 0.3) is 0 Å². The van der Waals surface area contributed by atoms with Crippen LogP contribution in [0.2, 0.25) is 0 Å². The molecule has 202 valence electrons. The number of nitrogens with zero attached hydrogens (tertiary/aromatic N) is 4. The minimum Gasteiger partial charge on any atom is -0.344 e. The lowest BCUT2D eigenvalue weighted by Gasteiger charge is -2.29. The first kappa shape index (κ1) is 27.4. The van der Waals surface area contributed by atoms with Crippen molar-refractivity contribution in [3.05, 3.63) is 77.5 Å². The third-order valence-corrected chi connectivity index (χ3v) is 6.85. The van der Waals surface area contributed by atoms with Gasteiger partial charge in [-0.3, -0.25) is 14.6 Å². The van der Waals surface area contributed by atoms with Gasteiger partial charge in [0.1, 0.15) is 18.2 Å². The van der Waals surface area contributed by atoms with Gasteiger partial charge in [-0.05, 0) is 55.0 Å². The number of imidazole rings is 1. The number of hydrogen-bond acceptors (Lipinski definition) is 5. The van der Waals surface area contributed by atoms with Crippen molar-refractivity contribution in [2.24, 2.45) is 0 Å². The highest BCUT2D eigenvalue weighted by molar-refractivity contribution is 5.94. The number of amides is 2. The van der Waals surface area contributed by atoms with E-state index < -0.39 is 17.7 Å². The molecule has 2 amide bonds. The van der Waals surface area contributed by atoms with E-state index in [2.05, 4.69) is 20.6 Å². The first-order valence-corrected chi connectivity index (χ1v) is 13.0. The van der Waals surface area contributed by atoms with E-state index in [1.165, 1.54) is 12.4 Å². The smallest absolute Gasteiger partial charge is 0.242 e. The van der Waals surface area contributed by atoms with Crippen molar-refractivity contribution in [2.45, 2.75) is 64.1 Å². The molecule has 10 heteroatoms. The Hall–Kier alpha value is -3.66. The van der Waals surface area contributed by atoms with Crippen LogP contribution in [0.5, 0.6) is 0 Å². The molecular weight excluding hydrogens is 490 g/mol. The third-order valence-electron chi connectivity index (χ3n) is 6.85. The largest absolute Gasteiger partial charge is 0.344 e. The van der Waals surface area contributed by atoms with Gasteiger partial charge in [-0.25, -0.2) is 13.8 Å². The minimum atomic E-state index is -0.562. The lowest BCUT2D eigenvalue weighted by molar-refractivity contribution is -0.130. The Kier molecular flexibility index (Phi) is 9.17. The van der Waals surface area contributed by atoms with E-state index in [-0.39, 0.29) is 24.4 Å². The molecule has 38 heavy (non-hydrogen) atoms. The van der Waals surface area contributed by atoms with Crippen LogP contribution < -0.4 is 10.6 Å². The SMILES string of the molecule is CCC[C@H](N[C@H]1CCc2cc(F)cc(F)c2C1)C(=O)Nc1cn(CC(=O)N(C)CCc2ccccn2)cn1. The molecule has 0 fully saturated rings. The van der Waals surface area contributed by atoms with Gasteiger partial charge >= 0.3 is 0 Å². The molecule has 8 nitrogen and oxygen atoms in total. The van der Waals surface area contributed by atoms with Gasteiger partial charge in [0.15, 0.2) is 5.82 Å². The Morgan fingerprint density at radius 1 is 1.24 bits per heavy atom. The zero-order valence-electron chi connectivity index (χ0n) is 21.8. The van der Waals surface area contributed by atoms with E-state index in [0.29, 0.717) is 55.6 Å². The Bertz CT molecular complexity index is 1250. The van der Waals surface area contributed by atoms with Crippen molar-refractivity contribution in [3.63, 3.8) is 0 Å². The molecule has 1 aromatic carbocycles. The third kappa shape index (κ3) is 7.22. The van der Waals surface area contributed by atoms with Gasteiger partial charge in [-0.2, -0.15) is 0 Å². The lowest BCUT2D eigenvalue weighted by atomic mass is 9.87. The minimum absolute atomic E-state index is 0.0774. The zero-order valence-corrected chi connectivity index (χ0v) is 21.8. The predicted molar refractivity (Wildman–Crippen MR) is 140 cm³/mol. The average molecular weight is 525 g/mol. The fourth-order valence-corrected chi connectivity index (χ4v) is 4.75. The summed E-state index contributed by atoms with van der Waals surface area (Å²) in [7, 11) is 1.75. The summed E-state index contributed by atoms with van der Waals surface area (Å²) in [5, 5.41) is 6.20. The Morgan fingerprint density at radius 2 is 2.08 bits per heavy atom. The zero-order chi connectivity index (χ0) is 27.1. The number of hydrogen-bond donors (Lipinski definition) is 2. The molecule has 0 spiro atoms. The second kappa shape index (κ2) is 12.7. The van der Waals surface area contributed by atoms with Gasteiger partial charge in [-0.15, -0.1) is 0 Å². The molecule has 1 aliphatic rings. The fourth-order valence-electron chi connectivity index (χ4n) is 4.75. The van der Waals surface area contributed by atoms with Crippen molar-refractivity contribution < 1.29 is 18.4 Å². The first-order valence-electron chi connectivity index (χ1n) is 13.0. The molecule has 2 aromatic heterocycles. The molecule has 2 heterocycles. The molecule has 0 bridgehead atoms. The number of carbonyl (C=O) groups excluding carboxylic acids is 2. The van der Waals surface area contributed by atoms with Crippen molar-refractivity contribution in [2.75, 3.05) is 18.9 Å².